The quantitative estimate of drug-likeness (QED) is 0.289. The van der Waals surface area contributed by atoms with Crippen LogP contribution in [0.15, 0.2) is 91.0 Å². The Labute approximate surface area is 218 Å². The number of carbonyl (C=O) groups excluding carboxylic acids is 2. The Bertz CT molecular complexity index is 1550. The van der Waals surface area contributed by atoms with Gasteiger partial charge in [-0.2, -0.15) is 0 Å². The van der Waals surface area contributed by atoms with E-state index in [-0.39, 0.29) is 12.5 Å². The predicted octanol–water partition coefficient (Wildman–Crippen LogP) is 5.62. The molecule has 1 amide bonds. The first kappa shape index (κ1) is 23.2. The molecule has 6 nitrogen and oxygen atoms in total. The lowest BCUT2D eigenvalue weighted by Gasteiger charge is -2.36. The summed E-state index contributed by atoms with van der Waals surface area (Å²) in [6.07, 6.45) is 0. The summed E-state index contributed by atoms with van der Waals surface area (Å²) >= 11 is 1.59. The maximum atomic E-state index is 13.2. The number of carbonyl (C=O) groups is 2. The van der Waals surface area contributed by atoms with Crippen LogP contribution in [-0.4, -0.2) is 54.5 Å². The van der Waals surface area contributed by atoms with Crippen molar-refractivity contribution >= 4 is 49.9 Å². The fourth-order valence-corrected chi connectivity index (χ4v) is 5.82. The van der Waals surface area contributed by atoms with E-state index in [1.54, 1.807) is 22.3 Å². The molecule has 5 aromatic rings. The number of ether oxygens (including phenoxy) is 1. The molecular weight excluding hydrogens is 482 g/mol. The van der Waals surface area contributed by atoms with Gasteiger partial charge in [-0.05, 0) is 35.7 Å². The number of amides is 1. The summed E-state index contributed by atoms with van der Waals surface area (Å²) in [6, 6.07) is 29.7. The Morgan fingerprint density at radius 1 is 0.811 bits per heavy atom. The van der Waals surface area contributed by atoms with Gasteiger partial charge in [-0.15, -0.1) is 11.3 Å². The second kappa shape index (κ2) is 10.0. The van der Waals surface area contributed by atoms with Crippen molar-refractivity contribution in [2.45, 2.75) is 0 Å². The molecule has 37 heavy (non-hydrogen) atoms. The molecule has 0 spiro atoms. The molecule has 184 valence electrons. The van der Waals surface area contributed by atoms with Crippen molar-refractivity contribution in [3.05, 3.63) is 96.6 Å². The van der Waals surface area contributed by atoms with E-state index < -0.39 is 5.97 Å². The van der Waals surface area contributed by atoms with Gasteiger partial charge < -0.3 is 14.5 Å². The Morgan fingerprint density at radius 3 is 2.32 bits per heavy atom. The highest BCUT2D eigenvalue weighted by Gasteiger charge is 2.23. The molecule has 1 aliphatic rings. The van der Waals surface area contributed by atoms with Gasteiger partial charge in [0.15, 0.2) is 6.61 Å². The number of aromatic nitrogens is 1. The predicted molar refractivity (Wildman–Crippen MR) is 148 cm³/mol. The summed E-state index contributed by atoms with van der Waals surface area (Å²) in [5.41, 5.74) is 3.40. The molecule has 1 fully saturated rings. The van der Waals surface area contributed by atoms with E-state index in [0.717, 1.165) is 50.3 Å². The molecular formula is C30H25N3O3S. The van der Waals surface area contributed by atoms with Crippen molar-refractivity contribution in [2.75, 3.05) is 37.7 Å². The molecule has 4 aromatic carbocycles. The standard InChI is InChI=1S/C30H25N3O3S/c34-27(33-18-16-32(17-19-33)22-10-2-1-3-11-22)20-36-30(35)24-13-7-9-21-8-6-12-23(28(21)24)29-31-25-14-4-5-15-26(25)37-29/h1-15H,16-20H2. The topological polar surface area (TPSA) is 62.7 Å². The largest absolute Gasteiger partial charge is 0.452 e. The van der Waals surface area contributed by atoms with Gasteiger partial charge >= 0.3 is 5.97 Å². The molecule has 0 bridgehead atoms. The number of fused-ring (bicyclic) bond motifs is 2. The Balaban J connectivity index is 1.18. The van der Waals surface area contributed by atoms with E-state index in [1.165, 1.54) is 0 Å². The lowest BCUT2D eigenvalue weighted by atomic mass is 9.99. The molecule has 0 saturated carbocycles. The summed E-state index contributed by atoms with van der Waals surface area (Å²) in [5, 5.41) is 2.56. The number of esters is 1. The van der Waals surface area contributed by atoms with E-state index in [9.17, 15) is 9.59 Å². The first-order valence-corrected chi connectivity index (χ1v) is 13.1. The lowest BCUT2D eigenvalue weighted by molar-refractivity contribution is -0.134. The van der Waals surface area contributed by atoms with Crippen molar-refractivity contribution in [1.29, 1.82) is 0 Å². The van der Waals surface area contributed by atoms with E-state index in [2.05, 4.69) is 17.0 Å². The minimum Gasteiger partial charge on any atom is -0.452 e. The maximum Gasteiger partial charge on any atom is 0.339 e. The van der Waals surface area contributed by atoms with Crippen LogP contribution in [0.4, 0.5) is 5.69 Å². The van der Waals surface area contributed by atoms with Crippen molar-refractivity contribution in [2.24, 2.45) is 0 Å². The van der Waals surface area contributed by atoms with Crippen LogP contribution in [0.3, 0.4) is 0 Å². The number of thiazole rings is 1. The highest BCUT2D eigenvalue weighted by Crippen LogP contribution is 2.36. The summed E-state index contributed by atoms with van der Waals surface area (Å²) < 4.78 is 6.64. The third-order valence-corrected chi connectivity index (χ3v) is 7.80. The van der Waals surface area contributed by atoms with Crippen LogP contribution in [0.5, 0.6) is 0 Å². The third-order valence-electron chi connectivity index (χ3n) is 6.73. The monoisotopic (exact) mass is 507 g/mol. The van der Waals surface area contributed by atoms with Gasteiger partial charge in [0.1, 0.15) is 5.01 Å². The van der Waals surface area contributed by atoms with E-state index >= 15 is 0 Å². The third kappa shape index (κ3) is 4.66. The minimum absolute atomic E-state index is 0.173. The number of anilines is 1. The summed E-state index contributed by atoms with van der Waals surface area (Å²) in [7, 11) is 0. The van der Waals surface area contributed by atoms with Gasteiger partial charge in [0.25, 0.3) is 5.91 Å². The number of piperazine rings is 1. The zero-order chi connectivity index (χ0) is 25.2. The van der Waals surface area contributed by atoms with Crippen molar-refractivity contribution in [1.82, 2.24) is 9.88 Å². The number of para-hydroxylation sites is 2. The van der Waals surface area contributed by atoms with Crippen LogP contribution in [0.25, 0.3) is 31.6 Å². The number of rotatable bonds is 5. The van der Waals surface area contributed by atoms with E-state index in [0.29, 0.717) is 18.7 Å². The Kier molecular flexibility index (Phi) is 6.28. The first-order valence-electron chi connectivity index (χ1n) is 12.3. The molecule has 1 aliphatic heterocycles. The molecule has 7 heteroatoms. The maximum absolute atomic E-state index is 13.2. The Morgan fingerprint density at radius 2 is 1.54 bits per heavy atom. The van der Waals surface area contributed by atoms with Gasteiger partial charge in [0.05, 0.1) is 15.8 Å². The van der Waals surface area contributed by atoms with Crippen molar-refractivity contribution < 1.29 is 14.3 Å². The molecule has 0 aliphatic carbocycles. The number of nitrogens with zero attached hydrogens (tertiary/aromatic N) is 3. The molecule has 0 unspecified atom stereocenters. The zero-order valence-electron chi connectivity index (χ0n) is 20.2. The second-order valence-electron chi connectivity index (χ2n) is 8.98. The van der Waals surface area contributed by atoms with Crippen molar-refractivity contribution in [3.8, 4) is 10.6 Å². The first-order chi connectivity index (χ1) is 18.2. The molecule has 6 rings (SSSR count). The summed E-state index contributed by atoms with van der Waals surface area (Å²) in [5.74, 6) is -0.678. The molecule has 2 heterocycles. The SMILES string of the molecule is O=C(OCC(=O)N1CCN(c2ccccc2)CC1)c1cccc2cccc(-c3nc4ccccc4s3)c12. The van der Waals surface area contributed by atoms with Gasteiger partial charge in [-0.3, -0.25) is 4.79 Å². The van der Waals surface area contributed by atoms with Crippen LogP contribution in [0.1, 0.15) is 10.4 Å². The molecule has 0 atom stereocenters. The Hall–Kier alpha value is -4.23. The lowest BCUT2D eigenvalue weighted by Crippen LogP contribution is -2.49. The second-order valence-corrected chi connectivity index (χ2v) is 10.0. The number of hydrogen-bond acceptors (Lipinski definition) is 6. The van der Waals surface area contributed by atoms with Gasteiger partial charge in [-0.1, -0.05) is 60.7 Å². The smallest absolute Gasteiger partial charge is 0.339 e. The summed E-state index contributed by atoms with van der Waals surface area (Å²) in [4.78, 5) is 34.9. The minimum atomic E-state index is -0.504. The van der Waals surface area contributed by atoms with E-state index in [4.69, 9.17) is 9.72 Å². The highest BCUT2D eigenvalue weighted by molar-refractivity contribution is 7.21. The normalized spacial score (nSPS) is 13.7. The number of benzene rings is 4. The zero-order valence-corrected chi connectivity index (χ0v) is 21.0. The van der Waals surface area contributed by atoms with Crippen LogP contribution in [-0.2, 0) is 9.53 Å². The average Bonchev–Trinajstić information content (AvgIpc) is 3.40. The van der Waals surface area contributed by atoms with Gasteiger partial charge in [0, 0.05) is 42.8 Å². The van der Waals surface area contributed by atoms with E-state index in [1.807, 2.05) is 72.8 Å². The summed E-state index contributed by atoms with van der Waals surface area (Å²) in [6.45, 7) is 2.42. The van der Waals surface area contributed by atoms with Crippen molar-refractivity contribution in [3.63, 3.8) is 0 Å². The molecule has 0 N–H and O–H groups in total. The number of hydrogen-bond donors (Lipinski definition) is 0. The fraction of sp³-hybridized carbons (Fsp3) is 0.167. The molecule has 0 radical (unpaired) electrons. The molecule has 1 aromatic heterocycles. The van der Waals surface area contributed by atoms with Gasteiger partial charge in [0.2, 0.25) is 0 Å². The highest BCUT2D eigenvalue weighted by atomic mass is 32.1. The van der Waals surface area contributed by atoms with Crippen LogP contribution < -0.4 is 4.90 Å². The average molecular weight is 508 g/mol. The van der Waals surface area contributed by atoms with Crippen LogP contribution in [0.2, 0.25) is 0 Å². The van der Waals surface area contributed by atoms with Crippen LogP contribution >= 0.6 is 11.3 Å². The fourth-order valence-electron chi connectivity index (χ4n) is 4.83. The molecule has 1 saturated heterocycles. The van der Waals surface area contributed by atoms with Gasteiger partial charge in [-0.25, -0.2) is 9.78 Å². The van der Waals surface area contributed by atoms with Crippen LogP contribution in [0, 0.1) is 0 Å².